The molecule has 2 aliphatic rings. The second kappa shape index (κ2) is 8.95. The van der Waals surface area contributed by atoms with E-state index in [0.29, 0.717) is 35.2 Å². The molecule has 6 nitrogen and oxygen atoms in total. The molecule has 1 aromatic rings. The zero-order chi connectivity index (χ0) is 19.4. The van der Waals surface area contributed by atoms with Gasteiger partial charge in [0.2, 0.25) is 5.91 Å². The number of thioether (sulfide) groups is 2. The van der Waals surface area contributed by atoms with E-state index in [1.165, 1.54) is 0 Å². The van der Waals surface area contributed by atoms with Crippen LogP contribution in [0.3, 0.4) is 0 Å². The van der Waals surface area contributed by atoms with Crippen molar-refractivity contribution in [3.63, 3.8) is 0 Å². The number of allylic oxidation sites excluding steroid dienone is 1. The molecule has 2 heterocycles. The van der Waals surface area contributed by atoms with Crippen molar-refractivity contribution in [1.82, 2.24) is 4.90 Å². The molecule has 8 heteroatoms. The van der Waals surface area contributed by atoms with Crippen molar-refractivity contribution in [2.45, 2.75) is 24.3 Å². The zero-order valence-electron chi connectivity index (χ0n) is 15.6. The van der Waals surface area contributed by atoms with Gasteiger partial charge in [-0.15, -0.1) is 11.8 Å². The maximum Gasteiger partial charge on any atom is 0.338 e. The zero-order valence-corrected chi connectivity index (χ0v) is 17.2. The highest BCUT2D eigenvalue weighted by Gasteiger charge is 2.41. The Kier molecular flexibility index (Phi) is 6.62. The Morgan fingerprint density at radius 3 is 2.74 bits per heavy atom. The molecule has 0 radical (unpaired) electrons. The number of fused-ring (bicyclic) bond motifs is 1. The second-order valence-corrected chi connectivity index (χ2v) is 8.00. The van der Waals surface area contributed by atoms with E-state index in [2.05, 4.69) is 4.99 Å². The van der Waals surface area contributed by atoms with Gasteiger partial charge in [-0.3, -0.25) is 9.69 Å². The molecule has 1 fully saturated rings. The molecule has 1 saturated heterocycles. The Hall–Kier alpha value is -1.77. The minimum absolute atomic E-state index is 0.0267. The van der Waals surface area contributed by atoms with Crippen molar-refractivity contribution >= 4 is 40.6 Å². The highest BCUT2D eigenvalue weighted by molar-refractivity contribution is 8.14. The van der Waals surface area contributed by atoms with E-state index < -0.39 is 12.0 Å². The highest BCUT2D eigenvalue weighted by atomic mass is 32.2. The Balaban J connectivity index is 2.03. The number of carbonyl (C=O) groups is 2. The molecule has 3 rings (SSSR count). The van der Waals surface area contributed by atoms with Gasteiger partial charge in [-0.1, -0.05) is 23.9 Å². The quantitative estimate of drug-likeness (QED) is 0.410. The Morgan fingerprint density at radius 2 is 2.07 bits per heavy atom. The summed E-state index contributed by atoms with van der Waals surface area (Å²) in [6.07, 6.45) is 2.43. The van der Waals surface area contributed by atoms with Crippen LogP contribution in [0.2, 0.25) is 0 Å². The Bertz CT molecular complexity index is 789. The molecule has 0 saturated carbocycles. The summed E-state index contributed by atoms with van der Waals surface area (Å²) >= 11 is 3.18. The van der Waals surface area contributed by atoms with Crippen LogP contribution in [0.25, 0.3) is 0 Å². The van der Waals surface area contributed by atoms with Crippen molar-refractivity contribution in [1.29, 1.82) is 0 Å². The first-order valence-electron chi connectivity index (χ1n) is 8.61. The number of amidine groups is 1. The summed E-state index contributed by atoms with van der Waals surface area (Å²) in [6, 6.07) is 7.39. The van der Waals surface area contributed by atoms with Gasteiger partial charge in [-0.2, -0.15) is 0 Å². The van der Waals surface area contributed by atoms with E-state index in [9.17, 15) is 9.59 Å². The molecular weight excluding hydrogens is 384 g/mol. The van der Waals surface area contributed by atoms with E-state index in [0.717, 1.165) is 10.5 Å². The molecule has 0 spiro atoms. The molecule has 1 amide bonds. The molecule has 0 aromatic heterocycles. The van der Waals surface area contributed by atoms with Crippen LogP contribution < -0.4 is 0 Å². The summed E-state index contributed by atoms with van der Waals surface area (Å²) in [5.74, 6) is 0.212. The lowest BCUT2D eigenvalue weighted by molar-refractivity contribution is -0.141. The minimum Gasteiger partial charge on any atom is -0.460 e. The molecule has 2 aliphatic heterocycles. The Labute approximate surface area is 167 Å². The average molecular weight is 407 g/mol. The Morgan fingerprint density at radius 1 is 1.33 bits per heavy atom. The van der Waals surface area contributed by atoms with E-state index in [1.807, 2.05) is 30.5 Å². The molecule has 27 heavy (non-hydrogen) atoms. The monoisotopic (exact) mass is 406 g/mol. The van der Waals surface area contributed by atoms with Gasteiger partial charge >= 0.3 is 5.97 Å². The predicted octanol–water partition coefficient (Wildman–Crippen LogP) is 3.25. The third-order valence-corrected chi connectivity index (χ3v) is 6.08. The predicted molar refractivity (Wildman–Crippen MR) is 108 cm³/mol. The van der Waals surface area contributed by atoms with E-state index in [4.69, 9.17) is 9.47 Å². The summed E-state index contributed by atoms with van der Waals surface area (Å²) in [5.41, 5.74) is 1.86. The maximum atomic E-state index is 12.8. The fourth-order valence-corrected chi connectivity index (χ4v) is 4.47. The number of benzene rings is 1. The van der Waals surface area contributed by atoms with Crippen molar-refractivity contribution in [2.75, 3.05) is 32.3 Å². The average Bonchev–Trinajstić information content (AvgIpc) is 2.67. The third kappa shape index (κ3) is 4.23. The van der Waals surface area contributed by atoms with E-state index >= 15 is 0 Å². The molecule has 0 N–H and O–H groups in total. The summed E-state index contributed by atoms with van der Waals surface area (Å²) in [5, 5.41) is 0.649. The summed E-state index contributed by atoms with van der Waals surface area (Å²) < 4.78 is 10.3. The lowest BCUT2D eigenvalue weighted by Gasteiger charge is -2.38. The SMILES string of the molecule is COCCOC(=O)C1=C(C)N=C2SCCC(=O)N2[C@@H]1c1ccc(SC)cc1. The van der Waals surface area contributed by atoms with Crippen LogP contribution in [0.15, 0.2) is 45.4 Å². The third-order valence-electron chi connectivity index (χ3n) is 4.38. The normalized spacial score (nSPS) is 19.7. The number of hydrogen-bond donors (Lipinski definition) is 0. The fraction of sp³-hybridized carbons (Fsp3) is 0.421. The number of aliphatic imine (C=N–C) groups is 1. The van der Waals surface area contributed by atoms with Crippen molar-refractivity contribution in [2.24, 2.45) is 4.99 Å². The summed E-state index contributed by atoms with van der Waals surface area (Å²) in [6.45, 7) is 2.27. The first-order valence-corrected chi connectivity index (χ1v) is 10.8. The van der Waals surface area contributed by atoms with Crippen LogP contribution in [0.5, 0.6) is 0 Å². The molecule has 0 unspecified atom stereocenters. The van der Waals surface area contributed by atoms with Crippen LogP contribution >= 0.6 is 23.5 Å². The highest BCUT2D eigenvalue weighted by Crippen LogP contribution is 2.40. The molecule has 1 atom stereocenters. The summed E-state index contributed by atoms with van der Waals surface area (Å²) in [7, 11) is 1.55. The first kappa shape index (κ1) is 20.0. The van der Waals surface area contributed by atoms with Crippen molar-refractivity contribution in [3.8, 4) is 0 Å². The molecule has 0 bridgehead atoms. The van der Waals surface area contributed by atoms with E-state index in [1.54, 1.807) is 42.5 Å². The first-order chi connectivity index (χ1) is 13.1. The van der Waals surface area contributed by atoms with Crippen molar-refractivity contribution in [3.05, 3.63) is 41.1 Å². The molecular formula is C19H22N2O4S2. The van der Waals surface area contributed by atoms with Gasteiger partial charge in [0, 0.05) is 24.2 Å². The minimum atomic E-state index is -0.524. The van der Waals surface area contributed by atoms with Crippen molar-refractivity contribution < 1.29 is 19.1 Å². The van der Waals surface area contributed by atoms with Crippen LogP contribution in [-0.2, 0) is 19.1 Å². The van der Waals surface area contributed by atoms with Crippen LogP contribution in [0, 0.1) is 0 Å². The smallest absolute Gasteiger partial charge is 0.338 e. The topological polar surface area (TPSA) is 68.2 Å². The standard InChI is InChI=1S/C19H22N2O4S2/c1-12-16(18(23)25-10-9-24-2)17(13-4-6-14(26-3)7-5-13)21-15(22)8-11-27-19(21)20-12/h4-7,17H,8-11H2,1-3H3/t17-/m1/s1. The van der Waals surface area contributed by atoms with Gasteiger partial charge < -0.3 is 9.47 Å². The number of methoxy groups -OCH3 is 1. The van der Waals surface area contributed by atoms with Gasteiger partial charge in [0.05, 0.1) is 23.9 Å². The maximum absolute atomic E-state index is 12.8. The molecule has 144 valence electrons. The fourth-order valence-electron chi connectivity index (χ4n) is 3.05. The van der Waals surface area contributed by atoms with Crippen LogP contribution in [0.4, 0.5) is 0 Å². The largest absolute Gasteiger partial charge is 0.460 e. The van der Waals surface area contributed by atoms with Gasteiger partial charge in [-0.05, 0) is 30.9 Å². The molecule has 0 aliphatic carbocycles. The van der Waals surface area contributed by atoms with Gasteiger partial charge in [0.15, 0.2) is 5.17 Å². The second-order valence-electron chi connectivity index (χ2n) is 6.06. The number of nitrogens with zero attached hydrogens (tertiary/aromatic N) is 2. The van der Waals surface area contributed by atoms with Gasteiger partial charge in [0.1, 0.15) is 6.61 Å². The van der Waals surface area contributed by atoms with Gasteiger partial charge in [-0.25, -0.2) is 9.79 Å². The van der Waals surface area contributed by atoms with E-state index in [-0.39, 0.29) is 12.5 Å². The van der Waals surface area contributed by atoms with Crippen LogP contribution in [0.1, 0.15) is 24.9 Å². The molecule has 1 aromatic carbocycles. The van der Waals surface area contributed by atoms with Crippen LogP contribution in [-0.4, -0.2) is 54.3 Å². The summed E-state index contributed by atoms with van der Waals surface area (Å²) in [4.78, 5) is 32.8. The number of carbonyl (C=O) groups excluding carboxylic acids is 2. The number of hydrogen-bond acceptors (Lipinski definition) is 7. The lowest BCUT2D eigenvalue weighted by Crippen LogP contribution is -2.45. The number of rotatable bonds is 6. The number of ether oxygens (including phenoxy) is 2. The van der Waals surface area contributed by atoms with Gasteiger partial charge in [0.25, 0.3) is 0 Å². The lowest BCUT2D eigenvalue weighted by atomic mass is 9.94. The number of esters is 1. The number of amides is 1.